The van der Waals surface area contributed by atoms with Gasteiger partial charge in [-0.15, -0.1) is 0 Å². The van der Waals surface area contributed by atoms with Gasteiger partial charge < -0.3 is 0 Å². The smallest absolute Gasteiger partial charge is 0.0215 e. The maximum atomic E-state index is 3.11. The zero-order valence-corrected chi connectivity index (χ0v) is 14.1. The molecular weight excluding hydrogens is 276 g/mol. The van der Waals surface area contributed by atoms with E-state index in [1.54, 1.807) is 0 Å². The minimum absolute atomic E-state index is 0.0389. The normalized spacial score (nSPS) is 11.4. The van der Waals surface area contributed by atoms with Crippen molar-refractivity contribution < 1.29 is 0 Å². The summed E-state index contributed by atoms with van der Waals surface area (Å²) >= 11 is 0. The molecule has 0 aliphatic carbocycles. The molecule has 3 rings (SSSR count). The van der Waals surface area contributed by atoms with Gasteiger partial charge in [-0.1, -0.05) is 90.8 Å². The third kappa shape index (κ3) is 3.37. The molecule has 0 nitrogen and oxygen atoms in total. The fraction of sp³-hybridized carbons (Fsp3) is 0.217. The predicted molar refractivity (Wildman–Crippen MR) is 97.8 cm³/mol. The van der Waals surface area contributed by atoms with Gasteiger partial charge in [0, 0.05) is 5.41 Å². The second kappa shape index (κ2) is 6.42. The van der Waals surface area contributed by atoms with E-state index in [9.17, 15) is 0 Å². The van der Waals surface area contributed by atoms with Crippen LogP contribution < -0.4 is 0 Å². The first-order chi connectivity index (χ1) is 11.1. The quantitative estimate of drug-likeness (QED) is 0.584. The molecule has 0 aliphatic heterocycles. The van der Waals surface area contributed by atoms with Crippen LogP contribution in [0.25, 0.3) is 0 Å². The van der Waals surface area contributed by atoms with Gasteiger partial charge in [-0.3, -0.25) is 0 Å². The summed E-state index contributed by atoms with van der Waals surface area (Å²) in [6.07, 6.45) is 0.980. The molecule has 0 aromatic heterocycles. The highest BCUT2D eigenvalue weighted by atomic mass is 14.3. The van der Waals surface area contributed by atoms with E-state index in [1.807, 2.05) is 12.1 Å². The Morgan fingerprint density at radius 2 is 1.13 bits per heavy atom. The van der Waals surface area contributed by atoms with Gasteiger partial charge in [0.2, 0.25) is 0 Å². The largest absolute Gasteiger partial charge is 0.0590 e. The van der Waals surface area contributed by atoms with E-state index in [1.165, 1.54) is 27.8 Å². The average molecular weight is 299 g/mol. The van der Waals surface area contributed by atoms with E-state index in [0.29, 0.717) is 0 Å². The molecule has 23 heavy (non-hydrogen) atoms. The van der Waals surface area contributed by atoms with E-state index < -0.39 is 0 Å². The summed E-state index contributed by atoms with van der Waals surface area (Å²) in [5, 5.41) is 0. The second-order valence-electron chi connectivity index (χ2n) is 6.65. The molecule has 0 aliphatic rings. The molecule has 1 radical (unpaired) electrons. The van der Waals surface area contributed by atoms with Gasteiger partial charge in [-0.05, 0) is 43.0 Å². The first-order valence-corrected chi connectivity index (χ1v) is 8.17. The van der Waals surface area contributed by atoms with E-state index in [0.717, 1.165) is 6.42 Å². The molecule has 0 atom stereocenters. The van der Waals surface area contributed by atoms with E-state index in [4.69, 9.17) is 0 Å². The molecule has 0 bridgehead atoms. The Balaban J connectivity index is 2.08. The monoisotopic (exact) mass is 299 g/mol. The van der Waals surface area contributed by atoms with Gasteiger partial charge in [0.25, 0.3) is 0 Å². The summed E-state index contributed by atoms with van der Waals surface area (Å²) in [5.74, 6) is 0. The lowest BCUT2D eigenvalue weighted by molar-refractivity contribution is 0.567. The Morgan fingerprint density at radius 1 is 0.696 bits per heavy atom. The Labute approximate surface area is 139 Å². The molecule has 0 fully saturated rings. The molecule has 0 unspecified atom stereocenters. The fourth-order valence-electron chi connectivity index (χ4n) is 3.16. The van der Waals surface area contributed by atoms with Gasteiger partial charge in [-0.25, -0.2) is 0 Å². The number of hydrogen-bond acceptors (Lipinski definition) is 0. The summed E-state index contributed by atoms with van der Waals surface area (Å²) < 4.78 is 0. The molecule has 0 saturated carbocycles. The molecule has 0 heterocycles. The minimum Gasteiger partial charge on any atom is -0.0590 e. The van der Waals surface area contributed by atoms with Gasteiger partial charge in [-0.2, -0.15) is 0 Å². The molecule has 3 aromatic carbocycles. The van der Waals surface area contributed by atoms with E-state index in [2.05, 4.69) is 87.5 Å². The van der Waals surface area contributed by atoms with Crippen molar-refractivity contribution in [2.24, 2.45) is 0 Å². The Hall–Kier alpha value is -2.34. The van der Waals surface area contributed by atoms with Crippen LogP contribution in [0.2, 0.25) is 0 Å². The molecule has 3 aromatic rings. The summed E-state index contributed by atoms with van der Waals surface area (Å²) in [6, 6.07) is 29.4. The van der Waals surface area contributed by atoms with Crippen molar-refractivity contribution in [1.82, 2.24) is 0 Å². The molecule has 0 N–H and O–H groups in total. The second-order valence-corrected chi connectivity index (χ2v) is 6.65. The summed E-state index contributed by atoms with van der Waals surface area (Å²) in [4.78, 5) is 0. The summed E-state index contributed by atoms with van der Waals surface area (Å²) in [6.45, 7) is 6.62. The van der Waals surface area contributed by atoms with Crippen LogP contribution in [-0.4, -0.2) is 0 Å². The Kier molecular flexibility index (Phi) is 4.34. The van der Waals surface area contributed by atoms with Crippen molar-refractivity contribution in [3.63, 3.8) is 0 Å². The first kappa shape index (κ1) is 15.6. The zero-order valence-electron chi connectivity index (χ0n) is 14.1. The van der Waals surface area contributed by atoms with Crippen LogP contribution in [0.1, 0.15) is 34.7 Å². The Morgan fingerprint density at radius 3 is 1.57 bits per heavy atom. The predicted octanol–water partition coefficient (Wildman–Crippen LogP) is 5.65. The van der Waals surface area contributed by atoms with Crippen LogP contribution in [0, 0.1) is 19.9 Å². The van der Waals surface area contributed by atoms with Gasteiger partial charge >= 0.3 is 0 Å². The Bertz CT molecular complexity index is 704. The van der Waals surface area contributed by atoms with Crippen molar-refractivity contribution in [1.29, 1.82) is 0 Å². The maximum absolute atomic E-state index is 3.11. The first-order valence-electron chi connectivity index (χ1n) is 8.17. The highest BCUT2D eigenvalue weighted by Crippen LogP contribution is 2.35. The van der Waals surface area contributed by atoms with Crippen LogP contribution in [0.4, 0.5) is 0 Å². The number of aryl methyl sites for hydroxylation is 2. The molecular formula is C23H23. The van der Waals surface area contributed by atoms with Crippen LogP contribution >= 0.6 is 0 Å². The van der Waals surface area contributed by atoms with Crippen LogP contribution in [0.3, 0.4) is 0 Å². The summed E-state index contributed by atoms with van der Waals surface area (Å²) in [7, 11) is 0. The number of rotatable bonds is 4. The molecule has 0 heteroatoms. The number of hydrogen-bond donors (Lipinski definition) is 0. The van der Waals surface area contributed by atoms with E-state index >= 15 is 0 Å². The van der Waals surface area contributed by atoms with Gasteiger partial charge in [0.1, 0.15) is 0 Å². The van der Waals surface area contributed by atoms with Crippen molar-refractivity contribution in [3.05, 3.63) is 107 Å². The van der Waals surface area contributed by atoms with E-state index in [-0.39, 0.29) is 5.41 Å². The lowest BCUT2D eigenvalue weighted by atomic mass is 9.72. The van der Waals surface area contributed by atoms with Crippen molar-refractivity contribution >= 4 is 0 Å². The molecule has 0 spiro atoms. The lowest BCUT2D eigenvalue weighted by Gasteiger charge is -2.31. The molecule has 0 amide bonds. The van der Waals surface area contributed by atoms with Crippen LogP contribution in [0.15, 0.2) is 72.8 Å². The SMILES string of the molecule is Cc1ccc(C(C)(Cc2cc[c]cc2)c2ccc(C)cc2)cc1. The third-order valence-electron chi connectivity index (χ3n) is 4.72. The van der Waals surface area contributed by atoms with Crippen molar-refractivity contribution in [2.75, 3.05) is 0 Å². The highest BCUT2D eigenvalue weighted by molar-refractivity contribution is 5.42. The fourth-order valence-corrected chi connectivity index (χ4v) is 3.16. The third-order valence-corrected chi connectivity index (χ3v) is 4.72. The van der Waals surface area contributed by atoms with Crippen molar-refractivity contribution in [2.45, 2.75) is 32.6 Å². The van der Waals surface area contributed by atoms with Gasteiger partial charge in [0.15, 0.2) is 0 Å². The molecule has 115 valence electrons. The maximum Gasteiger partial charge on any atom is 0.0215 e. The zero-order chi connectivity index (χ0) is 16.3. The van der Waals surface area contributed by atoms with Gasteiger partial charge in [0.05, 0.1) is 0 Å². The van der Waals surface area contributed by atoms with Crippen molar-refractivity contribution in [3.8, 4) is 0 Å². The summed E-state index contributed by atoms with van der Waals surface area (Å²) in [5.41, 5.74) is 6.62. The minimum atomic E-state index is -0.0389. The lowest BCUT2D eigenvalue weighted by Crippen LogP contribution is -2.26. The van der Waals surface area contributed by atoms with Crippen LogP contribution in [-0.2, 0) is 11.8 Å². The molecule has 0 saturated heterocycles. The number of benzene rings is 3. The standard InChI is InChI=1S/C23H23/c1-18-9-13-21(14-10-18)23(3,17-20-7-5-4-6-8-20)22-15-11-19(2)12-16-22/h5-16H,17H2,1-3H3. The topological polar surface area (TPSA) is 0 Å². The highest BCUT2D eigenvalue weighted by Gasteiger charge is 2.29. The average Bonchev–Trinajstić information content (AvgIpc) is 2.57. The van der Waals surface area contributed by atoms with Crippen LogP contribution in [0.5, 0.6) is 0 Å².